The Bertz CT molecular complexity index is 211. The molecule has 0 aliphatic carbocycles. The first kappa shape index (κ1) is 12.5. The lowest BCUT2D eigenvalue weighted by Crippen LogP contribution is -2.46. The molecule has 1 heterocycles. The summed E-state index contributed by atoms with van der Waals surface area (Å²) in [6, 6.07) is 0. The highest BCUT2D eigenvalue weighted by Crippen LogP contribution is 2.09. The van der Waals surface area contributed by atoms with Crippen LogP contribution in [0.1, 0.15) is 33.1 Å². The van der Waals surface area contributed by atoms with Crippen LogP contribution in [0.25, 0.3) is 0 Å². The van der Waals surface area contributed by atoms with Gasteiger partial charge >= 0.3 is 0 Å². The van der Waals surface area contributed by atoms with E-state index in [1.54, 1.807) is 0 Å². The Kier molecular flexibility index (Phi) is 4.54. The normalized spacial score (nSPS) is 17.1. The summed E-state index contributed by atoms with van der Waals surface area (Å²) in [7, 11) is 0. The number of carbonyl (C=O) groups excluding carboxylic acids is 1. The molecule has 0 aromatic heterocycles. The molecule has 0 atom stereocenters. The molecule has 1 saturated heterocycles. The van der Waals surface area contributed by atoms with E-state index < -0.39 is 0 Å². The molecule has 15 heavy (non-hydrogen) atoms. The van der Waals surface area contributed by atoms with Crippen molar-refractivity contribution in [2.24, 2.45) is 0 Å². The molecule has 1 rings (SSSR count). The maximum absolute atomic E-state index is 11.7. The number of aliphatic hydroxyl groups is 1. The molecule has 4 nitrogen and oxygen atoms in total. The predicted molar refractivity (Wildman–Crippen MR) is 59.6 cm³/mol. The Balaban J connectivity index is 2.26. The van der Waals surface area contributed by atoms with Gasteiger partial charge in [0.1, 0.15) is 0 Å². The van der Waals surface area contributed by atoms with E-state index >= 15 is 0 Å². The van der Waals surface area contributed by atoms with E-state index in [1.807, 2.05) is 18.7 Å². The number of nitrogens with zero attached hydrogens (tertiary/aromatic N) is 1. The summed E-state index contributed by atoms with van der Waals surface area (Å²) < 4.78 is 0. The molecule has 88 valence electrons. The van der Waals surface area contributed by atoms with Crippen molar-refractivity contribution in [2.75, 3.05) is 26.2 Å². The van der Waals surface area contributed by atoms with Crippen LogP contribution in [0, 0.1) is 0 Å². The van der Waals surface area contributed by atoms with Crippen molar-refractivity contribution < 1.29 is 9.90 Å². The van der Waals surface area contributed by atoms with Gasteiger partial charge in [0, 0.05) is 25.2 Å². The van der Waals surface area contributed by atoms with E-state index in [2.05, 4.69) is 5.32 Å². The summed E-state index contributed by atoms with van der Waals surface area (Å²) in [6.45, 7) is 6.34. The van der Waals surface area contributed by atoms with Crippen LogP contribution in [0.15, 0.2) is 0 Å². The summed E-state index contributed by atoms with van der Waals surface area (Å²) in [6.07, 6.45) is 2.93. The van der Waals surface area contributed by atoms with Gasteiger partial charge in [0.2, 0.25) is 5.91 Å². The van der Waals surface area contributed by atoms with Crippen molar-refractivity contribution in [1.82, 2.24) is 10.2 Å². The number of rotatable bonds is 5. The summed E-state index contributed by atoms with van der Waals surface area (Å²) >= 11 is 0. The van der Waals surface area contributed by atoms with Crippen molar-refractivity contribution >= 4 is 5.91 Å². The molecule has 0 radical (unpaired) electrons. The predicted octanol–water partition coefficient (Wildman–Crippen LogP) is 0.359. The summed E-state index contributed by atoms with van der Waals surface area (Å²) in [4.78, 5) is 13.6. The van der Waals surface area contributed by atoms with Crippen LogP contribution < -0.4 is 5.32 Å². The molecule has 1 aliphatic heterocycles. The van der Waals surface area contributed by atoms with Gasteiger partial charge in [-0.05, 0) is 33.1 Å². The zero-order valence-electron chi connectivity index (χ0n) is 9.75. The van der Waals surface area contributed by atoms with Gasteiger partial charge in [-0.15, -0.1) is 0 Å². The van der Waals surface area contributed by atoms with Gasteiger partial charge in [-0.3, -0.25) is 4.79 Å². The molecule has 1 fully saturated rings. The van der Waals surface area contributed by atoms with Crippen LogP contribution in [0.2, 0.25) is 0 Å². The summed E-state index contributed by atoms with van der Waals surface area (Å²) in [5, 5.41) is 12.0. The topological polar surface area (TPSA) is 52.6 Å². The van der Waals surface area contributed by atoms with Crippen molar-refractivity contribution in [1.29, 1.82) is 0 Å². The second kappa shape index (κ2) is 5.47. The highest BCUT2D eigenvalue weighted by atomic mass is 16.3. The Hall–Kier alpha value is -0.610. The first-order valence-electron chi connectivity index (χ1n) is 5.69. The third-order valence-electron chi connectivity index (χ3n) is 2.91. The average Bonchev–Trinajstić information content (AvgIpc) is 2.67. The molecule has 0 unspecified atom stereocenters. The fraction of sp³-hybridized carbons (Fsp3) is 0.909. The largest absolute Gasteiger partial charge is 0.396 e. The molecule has 2 N–H and O–H groups in total. The summed E-state index contributed by atoms with van der Waals surface area (Å²) in [5.41, 5.74) is -0.163. The molecule has 0 saturated carbocycles. The van der Waals surface area contributed by atoms with Crippen LogP contribution in [0.3, 0.4) is 0 Å². The lowest BCUT2D eigenvalue weighted by molar-refractivity contribution is -0.129. The Labute approximate surface area is 91.6 Å². The second-order valence-electron chi connectivity index (χ2n) is 4.80. The number of aliphatic hydroxyl groups excluding tert-OH is 1. The third kappa shape index (κ3) is 4.18. The monoisotopic (exact) mass is 214 g/mol. The highest BCUT2D eigenvalue weighted by Gasteiger charge is 2.21. The minimum absolute atomic E-state index is 0.151. The zero-order valence-corrected chi connectivity index (χ0v) is 9.75. The van der Waals surface area contributed by atoms with Gasteiger partial charge in [-0.25, -0.2) is 0 Å². The van der Waals surface area contributed by atoms with Crippen LogP contribution in [-0.2, 0) is 4.79 Å². The number of hydrogen-bond donors (Lipinski definition) is 2. The van der Waals surface area contributed by atoms with Gasteiger partial charge in [0.15, 0.2) is 0 Å². The molecular weight excluding hydrogens is 192 g/mol. The molecule has 0 aromatic carbocycles. The van der Waals surface area contributed by atoms with Crippen molar-refractivity contribution in [3.8, 4) is 0 Å². The quantitative estimate of drug-likeness (QED) is 0.695. The Morgan fingerprint density at radius 1 is 1.40 bits per heavy atom. The standard InChI is InChI=1S/C11H22N2O2/c1-11(2,5-8-14)12-9-10(15)13-6-3-4-7-13/h12,14H,3-9H2,1-2H3. The van der Waals surface area contributed by atoms with E-state index in [0.29, 0.717) is 13.0 Å². The Morgan fingerprint density at radius 3 is 2.53 bits per heavy atom. The molecule has 1 aliphatic rings. The lowest BCUT2D eigenvalue weighted by atomic mass is 10.0. The zero-order chi connectivity index (χ0) is 11.3. The maximum atomic E-state index is 11.7. The number of hydrogen-bond acceptors (Lipinski definition) is 3. The first-order chi connectivity index (χ1) is 7.05. The van der Waals surface area contributed by atoms with E-state index in [1.165, 1.54) is 0 Å². The van der Waals surface area contributed by atoms with Crippen LogP contribution >= 0.6 is 0 Å². The molecular formula is C11H22N2O2. The molecule has 0 aromatic rings. The summed E-state index contributed by atoms with van der Waals surface area (Å²) in [5.74, 6) is 0.179. The van der Waals surface area contributed by atoms with E-state index in [4.69, 9.17) is 5.11 Å². The van der Waals surface area contributed by atoms with Crippen LogP contribution in [0.4, 0.5) is 0 Å². The fourth-order valence-corrected chi connectivity index (χ4v) is 1.76. The molecule has 1 amide bonds. The lowest BCUT2D eigenvalue weighted by Gasteiger charge is -2.26. The SMILES string of the molecule is CC(C)(CCO)NCC(=O)N1CCCC1. The van der Waals surface area contributed by atoms with Gasteiger partial charge in [-0.1, -0.05) is 0 Å². The maximum Gasteiger partial charge on any atom is 0.236 e. The van der Waals surface area contributed by atoms with Gasteiger partial charge < -0.3 is 15.3 Å². The van der Waals surface area contributed by atoms with E-state index in [-0.39, 0.29) is 18.1 Å². The minimum Gasteiger partial charge on any atom is -0.396 e. The number of nitrogens with one attached hydrogen (secondary N) is 1. The van der Waals surface area contributed by atoms with Crippen molar-refractivity contribution in [2.45, 2.75) is 38.6 Å². The van der Waals surface area contributed by atoms with Crippen molar-refractivity contribution in [3.05, 3.63) is 0 Å². The number of amides is 1. The second-order valence-corrected chi connectivity index (χ2v) is 4.80. The van der Waals surface area contributed by atoms with Gasteiger partial charge in [0.05, 0.1) is 6.54 Å². The smallest absolute Gasteiger partial charge is 0.236 e. The van der Waals surface area contributed by atoms with Gasteiger partial charge in [0.25, 0.3) is 0 Å². The fourth-order valence-electron chi connectivity index (χ4n) is 1.76. The van der Waals surface area contributed by atoms with E-state index in [0.717, 1.165) is 25.9 Å². The van der Waals surface area contributed by atoms with Crippen LogP contribution in [-0.4, -0.2) is 47.7 Å². The Morgan fingerprint density at radius 2 is 2.00 bits per heavy atom. The average molecular weight is 214 g/mol. The highest BCUT2D eigenvalue weighted by molar-refractivity contribution is 5.78. The first-order valence-corrected chi connectivity index (χ1v) is 5.69. The molecule has 0 bridgehead atoms. The van der Waals surface area contributed by atoms with E-state index in [9.17, 15) is 4.79 Å². The number of likely N-dealkylation sites (tertiary alicyclic amines) is 1. The number of carbonyl (C=O) groups is 1. The van der Waals surface area contributed by atoms with Gasteiger partial charge in [-0.2, -0.15) is 0 Å². The molecule has 4 heteroatoms. The minimum atomic E-state index is -0.163. The van der Waals surface area contributed by atoms with Crippen molar-refractivity contribution in [3.63, 3.8) is 0 Å². The molecule has 0 spiro atoms. The third-order valence-corrected chi connectivity index (χ3v) is 2.91. The van der Waals surface area contributed by atoms with Crippen LogP contribution in [0.5, 0.6) is 0 Å².